The van der Waals surface area contributed by atoms with Crippen molar-refractivity contribution in [2.75, 3.05) is 0 Å². The smallest absolute Gasteiger partial charge is 0.0635 e. The maximum absolute atomic E-state index is 9.80. The quantitative estimate of drug-likeness (QED) is 0.259. The van der Waals surface area contributed by atoms with Gasteiger partial charge in [-0.05, 0) is 0 Å². The Hall–Kier alpha value is -1.86. The average Bonchev–Trinajstić information content (AvgIpc) is 3.25. The average molecular weight is 470 g/mol. The van der Waals surface area contributed by atoms with Gasteiger partial charge in [-0.1, -0.05) is 95.1 Å². The number of hydrogen-bond donors (Lipinski definition) is 0. The summed E-state index contributed by atoms with van der Waals surface area (Å²) in [6, 6.07) is 23.4. The van der Waals surface area contributed by atoms with E-state index in [0.29, 0.717) is 0 Å². The molecule has 0 aromatic heterocycles. The van der Waals surface area contributed by atoms with Crippen molar-refractivity contribution in [1.82, 2.24) is 0 Å². The minimum Gasteiger partial charge on any atom is -0.145 e. The van der Waals surface area contributed by atoms with Crippen molar-refractivity contribution in [2.45, 2.75) is 41.0 Å². The Bertz CT molecular complexity index is 967. The zero-order valence-corrected chi connectivity index (χ0v) is 20.3. The van der Waals surface area contributed by atoms with Gasteiger partial charge in [0.2, 0.25) is 0 Å². The molecule has 0 nitrogen and oxygen atoms in total. The van der Waals surface area contributed by atoms with Crippen LogP contribution in [0.2, 0.25) is 0 Å². The van der Waals surface area contributed by atoms with Gasteiger partial charge in [0.25, 0.3) is 0 Å². The van der Waals surface area contributed by atoms with Crippen molar-refractivity contribution in [3.8, 4) is 11.1 Å². The number of benzene rings is 2. The Labute approximate surface area is 186 Å². The van der Waals surface area contributed by atoms with Crippen molar-refractivity contribution < 1.29 is 29.7 Å². The number of fused-ring (bicyclic) bond motifs is 1. The standard InChI is InChI=1S/C15H11.C11H17.2FH.Zr/c1-2-6-12(7-3-1)15-10-13-8-4-5-9-14(13)11-15;1-6-11-9(4)7(2)8(3)10(11)5;;;/h1-11H;6H2,1-5H3;2*1H;/q2*-1;;;+4/p-2. The summed E-state index contributed by atoms with van der Waals surface area (Å²) in [5.41, 5.74) is 10.1. The third kappa shape index (κ3) is 5.83. The second kappa shape index (κ2) is 11.4. The van der Waals surface area contributed by atoms with Crippen molar-refractivity contribution >= 4 is 10.8 Å². The Balaban J connectivity index is 0.000000190. The van der Waals surface area contributed by atoms with Gasteiger partial charge in [0, 0.05) is 0 Å². The Morgan fingerprint density at radius 3 is 1.83 bits per heavy atom. The van der Waals surface area contributed by atoms with Crippen molar-refractivity contribution in [3.05, 3.63) is 94.5 Å². The molecular weight excluding hydrogens is 442 g/mol. The molecule has 0 aliphatic rings. The van der Waals surface area contributed by atoms with Gasteiger partial charge in [-0.2, -0.15) is 27.8 Å². The second-order valence-electron chi connectivity index (χ2n) is 7.14. The molecule has 4 rings (SSSR count). The van der Waals surface area contributed by atoms with Crippen LogP contribution in [-0.4, -0.2) is 0 Å². The third-order valence-corrected chi connectivity index (χ3v) is 5.67. The molecule has 0 radical (unpaired) electrons. The fourth-order valence-corrected chi connectivity index (χ4v) is 3.77. The summed E-state index contributed by atoms with van der Waals surface area (Å²) >= 11 is -2.77. The van der Waals surface area contributed by atoms with Gasteiger partial charge in [0.1, 0.15) is 0 Å². The van der Waals surface area contributed by atoms with E-state index in [-0.39, 0.29) is 0 Å². The maximum atomic E-state index is 9.80. The fraction of sp³-hybridized carbons (Fsp3) is 0.231. The summed E-state index contributed by atoms with van der Waals surface area (Å²) in [4.78, 5) is 0. The minimum atomic E-state index is -2.77. The molecule has 0 amide bonds. The van der Waals surface area contributed by atoms with Crippen LogP contribution in [0.4, 0.5) is 5.25 Å². The van der Waals surface area contributed by atoms with Gasteiger partial charge < -0.3 is 0 Å². The molecule has 0 saturated heterocycles. The molecular formula is C26H28F2Zr. The molecule has 4 aromatic rings. The summed E-state index contributed by atoms with van der Waals surface area (Å²) in [6.45, 7) is 11.1. The SMILES string of the molecule is CC[c-]1c(C)c(C)c(C)c1C.[F][Zr+2][F].c1ccc(-c2cc3ccccc3[cH-]2)cc1. The zero-order valence-electron chi connectivity index (χ0n) is 17.8. The summed E-state index contributed by atoms with van der Waals surface area (Å²) in [6.07, 6.45) is 1.17. The number of hydrogen-bond acceptors (Lipinski definition) is 0. The zero-order chi connectivity index (χ0) is 21.4. The minimum absolute atomic E-state index is 1.17. The Kier molecular flexibility index (Phi) is 9.17. The van der Waals surface area contributed by atoms with E-state index in [9.17, 15) is 5.25 Å². The topological polar surface area (TPSA) is 0 Å². The van der Waals surface area contributed by atoms with Crippen LogP contribution in [0.15, 0.2) is 66.7 Å². The molecule has 0 fully saturated rings. The van der Waals surface area contributed by atoms with E-state index in [0.717, 1.165) is 0 Å². The van der Waals surface area contributed by atoms with Crippen LogP contribution >= 0.6 is 0 Å². The number of rotatable bonds is 2. The van der Waals surface area contributed by atoms with Crippen molar-refractivity contribution in [1.29, 1.82) is 0 Å². The van der Waals surface area contributed by atoms with E-state index in [1.807, 2.05) is 6.07 Å². The molecule has 4 aromatic carbocycles. The van der Waals surface area contributed by atoms with E-state index in [1.165, 1.54) is 50.6 Å². The van der Waals surface area contributed by atoms with Gasteiger partial charge in [-0.25, -0.2) is 0 Å². The molecule has 0 saturated carbocycles. The molecule has 0 aliphatic carbocycles. The van der Waals surface area contributed by atoms with Gasteiger partial charge in [0.05, 0.1) is 0 Å². The van der Waals surface area contributed by atoms with E-state index in [2.05, 4.69) is 95.3 Å². The Morgan fingerprint density at radius 1 is 0.828 bits per heavy atom. The predicted molar refractivity (Wildman–Crippen MR) is 118 cm³/mol. The molecule has 0 aliphatic heterocycles. The van der Waals surface area contributed by atoms with Crippen LogP contribution in [0.1, 0.15) is 34.7 Å². The molecule has 29 heavy (non-hydrogen) atoms. The molecule has 0 unspecified atom stereocenters. The molecule has 0 heterocycles. The monoisotopic (exact) mass is 468 g/mol. The summed E-state index contributed by atoms with van der Waals surface area (Å²) in [5.74, 6) is 0. The summed E-state index contributed by atoms with van der Waals surface area (Å²) < 4.78 is 19.6. The van der Waals surface area contributed by atoms with Gasteiger partial charge >= 0.3 is 29.7 Å². The van der Waals surface area contributed by atoms with Crippen LogP contribution in [0.5, 0.6) is 0 Å². The molecule has 3 heteroatoms. The van der Waals surface area contributed by atoms with E-state index in [1.54, 1.807) is 5.56 Å². The van der Waals surface area contributed by atoms with Crippen LogP contribution in [0.3, 0.4) is 0 Å². The number of halogens is 2. The van der Waals surface area contributed by atoms with Gasteiger partial charge in [-0.3, -0.25) is 0 Å². The molecule has 0 bridgehead atoms. The fourth-order valence-electron chi connectivity index (χ4n) is 3.77. The summed E-state index contributed by atoms with van der Waals surface area (Å²) in [7, 11) is 0. The first-order valence-electron chi connectivity index (χ1n) is 9.83. The van der Waals surface area contributed by atoms with Gasteiger partial charge in [0.15, 0.2) is 0 Å². The third-order valence-electron chi connectivity index (χ3n) is 5.67. The van der Waals surface area contributed by atoms with Crippen LogP contribution in [-0.2, 0) is 30.9 Å². The molecule has 0 spiro atoms. The van der Waals surface area contributed by atoms with Gasteiger partial charge in [-0.15, -0.1) is 34.5 Å². The maximum Gasteiger partial charge on any atom is -0.0635 e. The van der Waals surface area contributed by atoms with Crippen LogP contribution in [0, 0.1) is 27.7 Å². The van der Waals surface area contributed by atoms with Crippen LogP contribution in [0.25, 0.3) is 21.9 Å². The second-order valence-corrected chi connectivity index (χ2v) is 7.49. The summed E-state index contributed by atoms with van der Waals surface area (Å²) in [5, 5.41) is 2.63. The largest absolute Gasteiger partial charge is 0.145 e. The first kappa shape index (κ1) is 23.4. The Morgan fingerprint density at radius 2 is 1.34 bits per heavy atom. The molecule has 0 atom stereocenters. The van der Waals surface area contributed by atoms with Crippen LogP contribution < -0.4 is 0 Å². The van der Waals surface area contributed by atoms with Crippen molar-refractivity contribution in [3.63, 3.8) is 0 Å². The van der Waals surface area contributed by atoms with E-state index >= 15 is 0 Å². The normalized spacial score (nSPS) is 9.90. The molecule has 150 valence electrons. The first-order valence-corrected chi connectivity index (χ1v) is 11.7. The van der Waals surface area contributed by atoms with E-state index < -0.39 is 24.5 Å². The van der Waals surface area contributed by atoms with E-state index in [4.69, 9.17) is 0 Å². The van der Waals surface area contributed by atoms with Crippen molar-refractivity contribution in [2.24, 2.45) is 0 Å². The molecule has 0 N–H and O–H groups in total. The first-order chi connectivity index (χ1) is 13.9. The predicted octanol–water partition coefficient (Wildman–Crippen LogP) is 8.27.